The van der Waals surface area contributed by atoms with Crippen LogP contribution in [0.1, 0.15) is 174 Å². The lowest BCUT2D eigenvalue weighted by molar-refractivity contribution is -0.161. The van der Waals surface area contributed by atoms with Gasteiger partial charge < -0.3 is 25.2 Å². The standard InChI is InChI=1S/C45H80NO9P/c1-3-5-7-8-9-10-11-12-13-14-15-16-21-24-27-30-33-37-45(49)55-43(41-54-56(50,51)53-39-38-46)40-52-44(48)36-32-29-26-23-20-18-17-19-22-25-28-31-35-42(47)34-6-4-2/h12-13,17-18,22-23,25-26,31,35,42-43,47H,3-11,14-16,19-21,24,27-30,32-34,36-41,46H2,1-2H3,(H,50,51)/b13-12-,18-17-,25-22-,26-23-,35-31-/t42-,43+/m0/s1. The number of aliphatic hydroxyl groups is 1. The average molecular weight is 810 g/mol. The molecule has 0 amide bonds. The van der Waals surface area contributed by atoms with Gasteiger partial charge in [0.15, 0.2) is 6.10 Å². The molecule has 0 fully saturated rings. The Balaban J connectivity index is 4.28. The number of unbranched alkanes of at least 4 members (excludes halogenated alkanes) is 15. The van der Waals surface area contributed by atoms with Gasteiger partial charge in [0.05, 0.1) is 19.3 Å². The summed E-state index contributed by atoms with van der Waals surface area (Å²) in [5, 5.41) is 9.81. The van der Waals surface area contributed by atoms with Crippen LogP contribution in [0.2, 0.25) is 0 Å². The molecule has 11 heteroatoms. The van der Waals surface area contributed by atoms with Gasteiger partial charge in [-0.3, -0.25) is 18.6 Å². The van der Waals surface area contributed by atoms with Gasteiger partial charge in [-0.25, -0.2) is 4.57 Å². The molecule has 0 saturated heterocycles. The molecule has 0 aromatic rings. The monoisotopic (exact) mass is 810 g/mol. The summed E-state index contributed by atoms with van der Waals surface area (Å²) in [6.07, 6.45) is 44.5. The molecule has 0 aliphatic rings. The maximum Gasteiger partial charge on any atom is 0.472 e. The number of nitrogens with two attached hydrogens (primary N) is 1. The molecule has 0 radical (unpaired) electrons. The number of aliphatic hydroxyl groups excluding tert-OH is 1. The lowest BCUT2D eigenvalue weighted by Gasteiger charge is -2.19. The predicted octanol–water partition coefficient (Wildman–Crippen LogP) is 11.5. The highest BCUT2D eigenvalue weighted by Gasteiger charge is 2.26. The molecule has 56 heavy (non-hydrogen) atoms. The number of ether oxygens (including phenoxy) is 2. The van der Waals surface area contributed by atoms with Crippen molar-refractivity contribution in [3.8, 4) is 0 Å². The summed E-state index contributed by atoms with van der Waals surface area (Å²) >= 11 is 0. The van der Waals surface area contributed by atoms with Crippen molar-refractivity contribution < 1.29 is 42.7 Å². The SMILES string of the molecule is CCCCCCCC/C=C\CCCCCCCCCC(=O)O[C@H](COC(=O)CCC/C=C\C/C=C\C/C=C\C/C=C\[C@@H](O)CCCC)COP(=O)(O)OCCN. The highest BCUT2D eigenvalue weighted by atomic mass is 31.2. The van der Waals surface area contributed by atoms with E-state index < -0.39 is 32.5 Å². The fourth-order valence-electron chi connectivity index (χ4n) is 5.64. The number of allylic oxidation sites excluding steroid dienone is 9. The number of phosphoric ester groups is 1. The fraction of sp³-hybridized carbons (Fsp3) is 0.733. The summed E-state index contributed by atoms with van der Waals surface area (Å²) in [6, 6.07) is 0. The third kappa shape index (κ3) is 39.9. The maximum atomic E-state index is 12.6. The zero-order valence-electron chi connectivity index (χ0n) is 35.2. The van der Waals surface area contributed by atoms with Gasteiger partial charge >= 0.3 is 19.8 Å². The van der Waals surface area contributed by atoms with Gasteiger partial charge in [-0.05, 0) is 70.6 Å². The normalized spacial score (nSPS) is 14.4. The lowest BCUT2D eigenvalue weighted by Crippen LogP contribution is -2.29. The van der Waals surface area contributed by atoms with Crippen LogP contribution in [0.15, 0.2) is 60.8 Å². The van der Waals surface area contributed by atoms with Crippen molar-refractivity contribution in [2.45, 2.75) is 187 Å². The van der Waals surface area contributed by atoms with Crippen LogP contribution >= 0.6 is 7.82 Å². The summed E-state index contributed by atoms with van der Waals surface area (Å²) in [7, 11) is -4.40. The minimum atomic E-state index is -4.40. The van der Waals surface area contributed by atoms with Crippen LogP contribution in [-0.4, -0.2) is 60.5 Å². The minimum Gasteiger partial charge on any atom is -0.462 e. The Morgan fingerprint density at radius 3 is 1.71 bits per heavy atom. The Kier molecular flexibility index (Phi) is 39.2. The van der Waals surface area contributed by atoms with E-state index in [4.69, 9.17) is 24.3 Å². The van der Waals surface area contributed by atoms with E-state index in [1.165, 1.54) is 64.2 Å². The molecule has 0 bridgehead atoms. The number of hydrogen-bond donors (Lipinski definition) is 3. The highest BCUT2D eigenvalue weighted by Crippen LogP contribution is 2.43. The largest absolute Gasteiger partial charge is 0.472 e. The first-order valence-electron chi connectivity index (χ1n) is 21.9. The second-order valence-electron chi connectivity index (χ2n) is 14.4. The molecule has 0 aromatic heterocycles. The van der Waals surface area contributed by atoms with Crippen LogP contribution in [0.4, 0.5) is 0 Å². The van der Waals surface area contributed by atoms with Gasteiger partial charge in [0, 0.05) is 19.4 Å². The van der Waals surface area contributed by atoms with Gasteiger partial charge in [0.25, 0.3) is 0 Å². The molecule has 4 N–H and O–H groups in total. The van der Waals surface area contributed by atoms with Gasteiger partial charge in [-0.2, -0.15) is 0 Å². The van der Waals surface area contributed by atoms with E-state index in [-0.39, 0.29) is 38.7 Å². The highest BCUT2D eigenvalue weighted by molar-refractivity contribution is 7.47. The van der Waals surface area contributed by atoms with Crippen LogP contribution in [0.3, 0.4) is 0 Å². The van der Waals surface area contributed by atoms with E-state index in [1.807, 2.05) is 18.2 Å². The molecule has 0 spiro atoms. The van der Waals surface area contributed by atoms with Crippen molar-refractivity contribution in [2.75, 3.05) is 26.4 Å². The predicted molar refractivity (Wildman–Crippen MR) is 230 cm³/mol. The summed E-state index contributed by atoms with van der Waals surface area (Å²) in [4.78, 5) is 34.8. The Bertz CT molecular complexity index is 1120. The first kappa shape index (κ1) is 53.7. The minimum absolute atomic E-state index is 0.0370. The number of carbonyl (C=O) groups is 2. The van der Waals surface area contributed by atoms with E-state index >= 15 is 0 Å². The van der Waals surface area contributed by atoms with E-state index in [9.17, 15) is 24.2 Å². The Hall–Kier alpha value is -2.33. The van der Waals surface area contributed by atoms with Crippen LogP contribution in [0.5, 0.6) is 0 Å². The van der Waals surface area contributed by atoms with Gasteiger partial charge in [0.2, 0.25) is 0 Å². The Morgan fingerprint density at radius 1 is 0.607 bits per heavy atom. The van der Waals surface area contributed by atoms with E-state index in [0.29, 0.717) is 19.3 Å². The number of carbonyl (C=O) groups excluding carboxylic acids is 2. The first-order chi connectivity index (χ1) is 27.2. The molecule has 0 saturated carbocycles. The average Bonchev–Trinajstić information content (AvgIpc) is 3.18. The molecule has 0 aliphatic carbocycles. The van der Waals surface area contributed by atoms with Crippen LogP contribution in [0.25, 0.3) is 0 Å². The molecular formula is C45H80NO9P. The molecule has 0 aromatic carbocycles. The van der Waals surface area contributed by atoms with Crippen molar-refractivity contribution in [3.05, 3.63) is 60.8 Å². The van der Waals surface area contributed by atoms with Crippen molar-refractivity contribution in [1.29, 1.82) is 0 Å². The van der Waals surface area contributed by atoms with Crippen molar-refractivity contribution in [3.63, 3.8) is 0 Å². The zero-order chi connectivity index (χ0) is 41.2. The molecule has 3 atom stereocenters. The zero-order valence-corrected chi connectivity index (χ0v) is 36.1. The summed E-state index contributed by atoms with van der Waals surface area (Å²) in [5.74, 6) is -0.925. The van der Waals surface area contributed by atoms with Gasteiger partial charge in [-0.1, -0.05) is 152 Å². The number of hydrogen-bond acceptors (Lipinski definition) is 9. The second-order valence-corrected chi connectivity index (χ2v) is 15.8. The van der Waals surface area contributed by atoms with E-state index in [0.717, 1.165) is 64.2 Å². The number of rotatable bonds is 40. The first-order valence-corrected chi connectivity index (χ1v) is 23.3. The van der Waals surface area contributed by atoms with Crippen molar-refractivity contribution in [2.24, 2.45) is 5.73 Å². The van der Waals surface area contributed by atoms with E-state index in [1.54, 1.807) is 0 Å². The molecule has 10 nitrogen and oxygen atoms in total. The number of phosphoric acid groups is 1. The molecule has 0 aliphatic heterocycles. The topological polar surface area (TPSA) is 155 Å². The third-order valence-electron chi connectivity index (χ3n) is 8.95. The smallest absolute Gasteiger partial charge is 0.462 e. The quantitative estimate of drug-likeness (QED) is 0.0236. The number of esters is 2. The Morgan fingerprint density at radius 2 is 1.11 bits per heavy atom. The molecule has 1 unspecified atom stereocenters. The summed E-state index contributed by atoms with van der Waals surface area (Å²) in [6.45, 7) is 3.48. The van der Waals surface area contributed by atoms with Crippen LogP contribution in [-0.2, 0) is 32.7 Å². The molecule has 0 rings (SSSR count). The van der Waals surface area contributed by atoms with Crippen molar-refractivity contribution >= 4 is 19.8 Å². The summed E-state index contributed by atoms with van der Waals surface area (Å²) in [5.41, 5.74) is 5.34. The molecule has 0 heterocycles. The Labute approximate surface area is 341 Å². The summed E-state index contributed by atoms with van der Waals surface area (Å²) < 4.78 is 32.7. The molecule has 324 valence electrons. The van der Waals surface area contributed by atoms with Gasteiger partial charge in [0.1, 0.15) is 6.61 Å². The maximum absolute atomic E-state index is 12.6. The van der Waals surface area contributed by atoms with Gasteiger partial charge in [-0.15, -0.1) is 0 Å². The van der Waals surface area contributed by atoms with Crippen LogP contribution < -0.4 is 5.73 Å². The molecular weight excluding hydrogens is 729 g/mol. The third-order valence-corrected chi connectivity index (χ3v) is 9.93. The lowest BCUT2D eigenvalue weighted by atomic mass is 10.1. The van der Waals surface area contributed by atoms with E-state index in [2.05, 4.69) is 56.4 Å². The second kappa shape index (κ2) is 40.9. The van der Waals surface area contributed by atoms with Crippen molar-refractivity contribution in [1.82, 2.24) is 0 Å². The fourth-order valence-corrected chi connectivity index (χ4v) is 6.40. The van der Waals surface area contributed by atoms with Crippen LogP contribution in [0, 0.1) is 0 Å².